The highest BCUT2D eigenvalue weighted by atomic mass is 79.9. The SMILES string of the molecule is O=C(O)c1ccc(S(=O)(=O)Cc2ccccc2Br)cc1. The molecule has 0 aliphatic carbocycles. The summed E-state index contributed by atoms with van der Waals surface area (Å²) in [6.45, 7) is 0. The Morgan fingerprint density at radius 1 is 1.05 bits per heavy atom. The van der Waals surface area contributed by atoms with Crippen molar-refractivity contribution < 1.29 is 18.3 Å². The van der Waals surface area contributed by atoms with Crippen LogP contribution >= 0.6 is 15.9 Å². The zero-order chi connectivity index (χ0) is 14.8. The Bertz CT molecular complexity index is 736. The Morgan fingerprint density at radius 2 is 1.65 bits per heavy atom. The molecule has 6 heteroatoms. The van der Waals surface area contributed by atoms with E-state index in [1.54, 1.807) is 18.2 Å². The third-order valence-electron chi connectivity index (χ3n) is 2.76. The maximum absolute atomic E-state index is 12.3. The second-order valence-electron chi connectivity index (χ2n) is 4.18. The first-order valence-corrected chi connectivity index (χ1v) is 8.14. The fourth-order valence-corrected chi connectivity index (χ4v) is 3.70. The average Bonchev–Trinajstić information content (AvgIpc) is 2.41. The first kappa shape index (κ1) is 14.7. The van der Waals surface area contributed by atoms with E-state index in [1.165, 1.54) is 24.3 Å². The van der Waals surface area contributed by atoms with Crippen LogP contribution in [0.5, 0.6) is 0 Å². The Hall–Kier alpha value is -1.66. The van der Waals surface area contributed by atoms with E-state index in [-0.39, 0.29) is 16.2 Å². The number of carbonyl (C=O) groups is 1. The smallest absolute Gasteiger partial charge is 0.335 e. The first-order valence-electron chi connectivity index (χ1n) is 5.70. The van der Waals surface area contributed by atoms with Gasteiger partial charge in [-0.2, -0.15) is 0 Å². The molecule has 0 amide bonds. The number of rotatable bonds is 4. The van der Waals surface area contributed by atoms with Crippen LogP contribution in [0, 0.1) is 0 Å². The van der Waals surface area contributed by atoms with Crippen molar-refractivity contribution in [3.8, 4) is 0 Å². The van der Waals surface area contributed by atoms with Crippen LogP contribution in [0.1, 0.15) is 15.9 Å². The van der Waals surface area contributed by atoms with Gasteiger partial charge in [-0.05, 0) is 35.9 Å². The van der Waals surface area contributed by atoms with Crippen molar-refractivity contribution in [1.29, 1.82) is 0 Å². The Morgan fingerprint density at radius 3 is 2.20 bits per heavy atom. The highest BCUT2D eigenvalue weighted by molar-refractivity contribution is 9.10. The van der Waals surface area contributed by atoms with Gasteiger partial charge in [0.05, 0.1) is 16.2 Å². The van der Waals surface area contributed by atoms with E-state index >= 15 is 0 Å². The molecule has 4 nitrogen and oxygen atoms in total. The van der Waals surface area contributed by atoms with E-state index < -0.39 is 15.8 Å². The summed E-state index contributed by atoms with van der Waals surface area (Å²) in [5, 5.41) is 8.79. The van der Waals surface area contributed by atoms with Gasteiger partial charge >= 0.3 is 5.97 Å². The zero-order valence-electron chi connectivity index (χ0n) is 10.3. The van der Waals surface area contributed by atoms with E-state index in [2.05, 4.69) is 15.9 Å². The van der Waals surface area contributed by atoms with E-state index in [0.29, 0.717) is 5.56 Å². The Kier molecular flexibility index (Phi) is 4.25. The number of hydrogen-bond acceptors (Lipinski definition) is 3. The van der Waals surface area contributed by atoms with Crippen molar-refractivity contribution in [2.45, 2.75) is 10.6 Å². The lowest BCUT2D eigenvalue weighted by atomic mass is 10.2. The van der Waals surface area contributed by atoms with Crippen LogP contribution in [-0.2, 0) is 15.6 Å². The predicted molar refractivity (Wildman–Crippen MR) is 78.4 cm³/mol. The molecule has 0 saturated heterocycles. The molecule has 0 spiro atoms. The zero-order valence-corrected chi connectivity index (χ0v) is 12.7. The molecule has 1 N–H and O–H groups in total. The van der Waals surface area contributed by atoms with Gasteiger partial charge in [0.25, 0.3) is 0 Å². The number of benzene rings is 2. The molecule has 0 heterocycles. The highest BCUT2D eigenvalue weighted by Crippen LogP contribution is 2.22. The lowest BCUT2D eigenvalue weighted by molar-refractivity contribution is 0.0697. The van der Waals surface area contributed by atoms with Gasteiger partial charge in [-0.3, -0.25) is 0 Å². The van der Waals surface area contributed by atoms with Gasteiger partial charge in [0, 0.05) is 4.47 Å². The number of hydrogen-bond donors (Lipinski definition) is 1. The van der Waals surface area contributed by atoms with Crippen molar-refractivity contribution in [2.24, 2.45) is 0 Å². The number of carboxylic acid groups (broad SMARTS) is 1. The monoisotopic (exact) mass is 354 g/mol. The summed E-state index contributed by atoms with van der Waals surface area (Å²) in [5.41, 5.74) is 0.722. The summed E-state index contributed by atoms with van der Waals surface area (Å²) in [6.07, 6.45) is 0. The van der Waals surface area contributed by atoms with Crippen molar-refractivity contribution in [3.05, 3.63) is 64.1 Å². The lowest BCUT2D eigenvalue weighted by Gasteiger charge is -2.06. The second-order valence-corrected chi connectivity index (χ2v) is 7.02. The quantitative estimate of drug-likeness (QED) is 0.915. The normalized spacial score (nSPS) is 11.2. The van der Waals surface area contributed by atoms with Gasteiger partial charge in [-0.1, -0.05) is 34.1 Å². The van der Waals surface area contributed by atoms with Gasteiger partial charge in [-0.15, -0.1) is 0 Å². The maximum Gasteiger partial charge on any atom is 0.335 e. The Labute approximate surface area is 125 Å². The topological polar surface area (TPSA) is 71.4 Å². The summed E-state index contributed by atoms with van der Waals surface area (Å²) in [5.74, 6) is -1.22. The van der Waals surface area contributed by atoms with Crippen molar-refractivity contribution >= 4 is 31.7 Å². The van der Waals surface area contributed by atoms with E-state index in [1.807, 2.05) is 6.07 Å². The van der Waals surface area contributed by atoms with E-state index in [0.717, 1.165) is 4.47 Å². The lowest BCUT2D eigenvalue weighted by Crippen LogP contribution is -2.06. The number of halogens is 1. The van der Waals surface area contributed by atoms with Crippen LogP contribution in [0.4, 0.5) is 0 Å². The van der Waals surface area contributed by atoms with Gasteiger partial charge in [-0.25, -0.2) is 13.2 Å². The van der Waals surface area contributed by atoms with Crippen LogP contribution in [0.25, 0.3) is 0 Å². The van der Waals surface area contributed by atoms with Crippen LogP contribution in [-0.4, -0.2) is 19.5 Å². The second kappa shape index (κ2) is 5.76. The van der Waals surface area contributed by atoms with Crippen molar-refractivity contribution in [3.63, 3.8) is 0 Å². The standard InChI is InChI=1S/C14H11BrO4S/c15-13-4-2-1-3-11(13)9-20(18,19)12-7-5-10(6-8-12)14(16)17/h1-8H,9H2,(H,16,17). The van der Waals surface area contributed by atoms with Crippen LogP contribution < -0.4 is 0 Å². The fourth-order valence-electron chi connectivity index (χ4n) is 1.71. The average molecular weight is 355 g/mol. The molecule has 0 radical (unpaired) electrons. The summed E-state index contributed by atoms with van der Waals surface area (Å²) >= 11 is 3.31. The molecule has 2 aromatic rings. The summed E-state index contributed by atoms with van der Waals surface area (Å²) < 4.78 is 25.3. The predicted octanol–water partition coefficient (Wildman–Crippen LogP) is 3.12. The fraction of sp³-hybridized carbons (Fsp3) is 0.0714. The molecular formula is C14H11BrO4S. The summed E-state index contributed by atoms with van der Waals surface area (Å²) in [6, 6.07) is 12.3. The molecule has 0 aliphatic rings. The molecule has 2 rings (SSSR count). The molecule has 0 saturated carbocycles. The van der Waals surface area contributed by atoms with E-state index in [4.69, 9.17) is 5.11 Å². The minimum atomic E-state index is -3.50. The van der Waals surface area contributed by atoms with Gasteiger partial charge < -0.3 is 5.11 Å². The molecule has 0 aliphatic heterocycles. The van der Waals surface area contributed by atoms with Crippen molar-refractivity contribution in [2.75, 3.05) is 0 Å². The molecule has 0 aromatic heterocycles. The third kappa shape index (κ3) is 3.26. The molecule has 104 valence electrons. The third-order valence-corrected chi connectivity index (χ3v) is 5.22. The number of carboxylic acids is 1. The molecule has 0 atom stereocenters. The molecule has 0 fully saturated rings. The van der Waals surface area contributed by atoms with E-state index in [9.17, 15) is 13.2 Å². The maximum atomic E-state index is 12.3. The van der Waals surface area contributed by atoms with Crippen LogP contribution in [0.15, 0.2) is 57.9 Å². The summed E-state index contributed by atoms with van der Waals surface area (Å²) in [4.78, 5) is 10.9. The summed E-state index contributed by atoms with van der Waals surface area (Å²) in [7, 11) is -3.50. The minimum Gasteiger partial charge on any atom is -0.478 e. The molecule has 0 unspecified atom stereocenters. The van der Waals surface area contributed by atoms with Gasteiger partial charge in [0.15, 0.2) is 9.84 Å². The Balaban J connectivity index is 2.31. The first-order chi connectivity index (χ1) is 9.40. The molecule has 20 heavy (non-hydrogen) atoms. The van der Waals surface area contributed by atoms with Gasteiger partial charge in [0.2, 0.25) is 0 Å². The number of aromatic carboxylic acids is 1. The van der Waals surface area contributed by atoms with Crippen molar-refractivity contribution in [1.82, 2.24) is 0 Å². The van der Waals surface area contributed by atoms with Crippen LogP contribution in [0.2, 0.25) is 0 Å². The van der Waals surface area contributed by atoms with Gasteiger partial charge in [0.1, 0.15) is 0 Å². The molecular weight excluding hydrogens is 344 g/mol. The minimum absolute atomic E-state index is 0.0600. The largest absolute Gasteiger partial charge is 0.478 e. The molecule has 0 bridgehead atoms. The molecule has 2 aromatic carbocycles. The highest BCUT2D eigenvalue weighted by Gasteiger charge is 2.17. The van der Waals surface area contributed by atoms with Crippen LogP contribution in [0.3, 0.4) is 0 Å². The number of sulfone groups is 1.